The number of hydrogen-bond donors (Lipinski definition) is 1. The van der Waals surface area contributed by atoms with Gasteiger partial charge in [0.1, 0.15) is 23.5 Å². The van der Waals surface area contributed by atoms with Gasteiger partial charge in [-0.05, 0) is 17.7 Å². The molecule has 0 aliphatic heterocycles. The summed E-state index contributed by atoms with van der Waals surface area (Å²) in [4.78, 5) is 35.0. The average Bonchev–Trinajstić information content (AvgIpc) is 2.48. The van der Waals surface area contributed by atoms with E-state index in [1.165, 1.54) is 24.3 Å². The Kier molecular flexibility index (Phi) is 5.03. The van der Waals surface area contributed by atoms with Crippen LogP contribution in [0.1, 0.15) is 22.3 Å². The Morgan fingerprint density at radius 1 is 0.909 bits per heavy atom. The van der Waals surface area contributed by atoms with Crippen LogP contribution in [0.25, 0.3) is 0 Å². The van der Waals surface area contributed by atoms with Gasteiger partial charge >= 0.3 is 11.9 Å². The third-order valence-corrected chi connectivity index (χ3v) is 2.92. The molecule has 2 rings (SSSR count). The third kappa shape index (κ3) is 4.28. The molecule has 0 amide bonds. The van der Waals surface area contributed by atoms with Crippen LogP contribution in [0.5, 0.6) is 5.75 Å². The van der Waals surface area contributed by atoms with Crippen LogP contribution in [0.2, 0.25) is 0 Å². The number of ketones is 1. The normalized spacial score (nSPS) is 10.0. The van der Waals surface area contributed by atoms with Crippen molar-refractivity contribution >= 4 is 17.7 Å². The molecule has 112 valence electrons. The zero-order valence-corrected chi connectivity index (χ0v) is 11.7. The van der Waals surface area contributed by atoms with E-state index in [0.29, 0.717) is 0 Å². The van der Waals surface area contributed by atoms with Gasteiger partial charge in [-0.1, -0.05) is 42.5 Å². The van der Waals surface area contributed by atoms with Gasteiger partial charge in [0.25, 0.3) is 0 Å². The number of phenolic OH excluding ortho intramolecular Hbond substituents is 1. The number of benzene rings is 2. The maximum absolute atomic E-state index is 11.7. The van der Waals surface area contributed by atoms with Crippen LogP contribution in [0.15, 0.2) is 54.6 Å². The molecule has 0 saturated carbocycles. The Bertz CT molecular complexity index is 691. The lowest BCUT2D eigenvalue weighted by Crippen LogP contribution is -2.17. The smallest absolute Gasteiger partial charge is 0.349 e. The van der Waals surface area contributed by atoms with E-state index in [0.717, 1.165) is 5.56 Å². The number of para-hydroxylation sites is 1. The lowest BCUT2D eigenvalue weighted by molar-refractivity contribution is -0.140. The number of esters is 2. The van der Waals surface area contributed by atoms with Crippen LogP contribution >= 0.6 is 0 Å². The number of carbonyl (C=O) groups is 3. The van der Waals surface area contributed by atoms with Gasteiger partial charge in [-0.25, -0.2) is 4.79 Å². The number of carbonyl (C=O) groups excluding carboxylic acids is 3. The Labute approximate surface area is 127 Å². The SMILES string of the molecule is O=C(CC(=O)OC(=O)c1ccccc1O)Cc1ccccc1. The van der Waals surface area contributed by atoms with E-state index >= 15 is 0 Å². The first-order valence-electron chi connectivity index (χ1n) is 6.65. The number of ether oxygens (including phenoxy) is 1. The summed E-state index contributed by atoms with van der Waals surface area (Å²) in [7, 11) is 0. The first-order chi connectivity index (χ1) is 10.6. The highest BCUT2D eigenvalue weighted by Crippen LogP contribution is 2.16. The summed E-state index contributed by atoms with van der Waals surface area (Å²) in [5.74, 6) is -2.54. The molecule has 0 radical (unpaired) electrons. The van der Waals surface area contributed by atoms with E-state index in [4.69, 9.17) is 0 Å². The van der Waals surface area contributed by atoms with Gasteiger partial charge in [0, 0.05) is 6.42 Å². The summed E-state index contributed by atoms with van der Waals surface area (Å²) in [6, 6.07) is 14.7. The van der Waals surface area contributed by atoms with Crippen LogP contribution in [0.4, 0.5) is 0 Å². The second-order valence-corrected chi connectivity index (χ2v) is 4.66. The van der Waals surface area contributed by atoms with Gasteiger partial charge in [-0.15, -0.1) is 0 Å². The van der Waals surface area contributed by atoms with Crippen molar-refractivity contribution in [3.05, 3.63) is 65.7 Å². The number of hydrogen-bond acceptors (Lipinski definition) is 5. The van der Waals surface area contributed by atoms with E-state index in [1.807, 2.05) is 6.07 Å². The first kappa shape index (κ1) is 15.4. The average molecular weight is 298 g/mol. The summed E-state index contributed by atoms with van der Waals surface area (Å²) in [6.07, 6.45) is -0.394. The van der Waals surface area contributed by atoms with Crippen molar-refractivity contribution in [2.75, 3.05) is 0 Å². The van der Waals surface area contributed by atoms with Gasteiger partial charge in [-0.2, -0.15) is 0 Å². The van der Waals surface area contributed by atoms with Gasteiger partial charge in [0.05, 0.1) is 0 Å². The zero-order chi connectivity index (χ0) is 15.9. The van der Waals surface area contributed by atoms with Crippen molar-refractivity contribution in [3.63, 3.8) is 0 Å². The summed E-state index contributed by atoms with van der Waals surface area (Å²) < 4.78 is 4.57. The van der Waals surface area contributed by atoms with Crippen LogP contribution in [-0.2, 0) is 20.7 Å². The van der Waals surface area contributed by atoms with Gasteiger partial charge in [0.2, 0.25) is 0 Å². The number of Topliss-reactive ketones (excluding diaryl/α,β-unsaturated/α-hetero) is 1. The highest BCUT2D eigenvalue weighted by Gasteiger charge is 2.18. The van der Waals surface area contributed by atoms with Crippen LogP contribution in [0, 0.1) is 0 Å². The molecule has 0 heterocycles. The molecule has 0 spiro atoms. The molecule has 22 heavy (non-hydrogen) atoms. The molecule has 0 bridgehead atoms. The third-order valence-electron chi connectivity index (χ3n) is 2.92. The van der Waals surface area contributed by atoms with Gasteiger partial charge in [0.15, 0.2) is 0 Å². The second kappa shape index (κ2) is 7.17. The monoisotopic (exact) mass is 298 g/mol. The van der Waals surface area contributed by atoms with Crippen molar-refractivity contribution in [2.45, 2.75) is 12.8 Å². The number of rotatable bonds is 5. The van der Waals surface area contributed by atoms with E-state index in [9.17, 15) is 19.5 Å². The molecule has 0 fully saturated rings. The van der Waals surface area contributed by atoms with Gasteiger partial charge < -0.3 is 9.84 Å². The fourth-order valence-electron chi connectivity index (χ4n) is 1.89. The van der Waals surface area contributed by atoms with E-state index in [2.05, 4.69) is 4.74 Å². The van der Waals surface area contributed by atoms with Gasteiger partial charge in [-0.3, -0.25) is 9.59 Å². The minimum Gasteiger partial charge on any atom is -0.507 e. The number of aromatic hydroxyl groups is 1. The maximum atomic E-state index is 11.7. The lowest BCUT2D eigenvalue weighted by atomic mass is 10.1. The van der Waals surface area contributed by atoms with Crippen molar-refractivity contribution in [1.82, 2.24) is 0 Å². The minimum atomic E-state index is -0.976. The van der Waals surface area contributed by atoms with Crippen LogP contribution < -0.4 is 0 Å². The van der Waals surface area contributed by atoms with E-state index in [-0.39, 0.29) is 23.5 Å². The molecule has 5 nitrogen and oxygen atoms in total. The van der Waals surface area contributed by atoms with Crippen LogP contribution in [-0.4, -0.2) is 22.8 Å². The Hall–Kier alpha value is -2.95. The molecule has 1 N–H and O–H groups in total. The highest BCUT2D eigenvalue weighted by atomic mass is 16.6. The zero-order valence-electron chi connectivity index (χ0n) is 11.7. The molecular weight excluding hydrogens is 284 g/mol. The maximum Gasteiger partial charge on any atom is 0.349 e. The van der Waals surface area contributed by atoms with Crippen molar-refractivity contribution in [1.29, 1.82) is 0 Å². The molecule has 0 saturated heterocycles. The molecule has 0 aromatic heterocycles. The fourth-order valence-corrected chi connectivity index (χ4v) is 1.89. The second-order valence-electron chi connectivity index (χ2n) is 4.66. The lowest BCUT2D eigenvalue weighted by Gasteiger charge is -2.04. The van der Waals surface area contributed by atoms with Crippen molar-refractivity contribution in [2.24, 2.45) is 0 Å². The highest BCUT2D eigenvalue weighted by molar-refractivity contribution is 6.04. The molecule has 2 aromatic rings. The van der Waals surface area contributed by atoms with Crippen molar-refractivity contribution in [3.8, 4) is 5.75 Å². The largest absolute Gasteiger partial charge is 0.507 e. The van der Waals surface area contributed by atoms with E-state index < -0.39 is 18.4 Å². The summed E-state index contributed by atoms with van der Waals surface area (Å²) >= 11 is 0. The summed E-state index contributed by atoms with van der Waals surface area (Å²) in [6.45, 7) is 0. The molecule has 0 unspecified atom stereocenters. The fraction of sp³-hybridized carbons (Fsp3) is 0.118. The predicted octanol–water partition coefficient (Wildman–Crippen LogP) is 2.28. The van der Waals surface area contributed by atoms with Crippen LogP contribution in [0.3, 0.4) is 0 Å². The Morgan fingerprint density at radius 3 is 2.23 bits per heavy atom. The summed E-state index contributed by atoms with van der Waals surface area (Å²) in [5, 5.41) is 9.49. The molecule has 5 heteroatoms. The quantitative estimate of drug-likeness (QED) is 0.676. The molecular formula is C17H14O5. The summed E-state index contributed by atoms with van der Waals surface area (Å²) in [5.41, 5.74) is 0.665. The predicted molar refractivity (Wildman–Crippen MR) is 78.3 cm³/mol. The first-order valence-corrected chi connectivity index (χ1v) is 6.65. The Morgan fingerprint density at radius 2 is 1.55 bits per heavy atom. The minimum absolute atomic E-state index is 0.0979. The molecule has 0 atom stereocenters. The number of phenols is 1. The Balaban J connectivity index is 1.89. The standard InChI is InChI=1S/C17H14O5/c18-13(10-12-6-2-1-3-7-12)11-16(20)22-17(21)14-8-4-5-9-15(14)19/h1-9,19H,10-11H2. The molecule has 0 aliphatic carbocycles. The van der Waals surface area contributed by atoms with Crippen molar-refractivity contribution < 1.29 is 24.2 Å². The topological polar surface area (TPSA) is 80.7 Å². The molecule has 2 aromatic carbocycles. The molecule has 0 aliphatic rings. The van der Waals surface area contributed by atoms with E-state index in [1.54, 1.807) is 24.3 Å².